The predicted octanol–water partition coefficient (Wildman–Crippen LogP) is 17.9. The number of hydrogen-bond donors (Lipinski definition) is 0. The maximum Gasteiger partial charge on any atom is 0.143 e. The Balaban J connectivity index is 1.20. The molecule has 308 valence electrons. The Labute approximate surface area is 367 Å². The fraction of sp³-hybridized carbons (Fsp3) is 0.233. The van der Waals surface area contributed by atoms with Gasteiger partial charge >= 0.3 is 0 Å². The van der Waals surface area contributed by atoms with Crippen LogP contribution >= 0.6 is 0 Å². The molecule has 0 saturated heterocycles. The highest BCUT2D eigenvalue weighted by molar-refractivity contribution is 6.10. The van der Waals surface area contributed by atoms with E-state index in [9.17, 15) is 0 Å². The summed E-state index contributed by atoms with van der Waals surface area (Å²) in [6.07, 6.45) is 6.46. The summed E-state index contributed by atoms with van der Waals surface area (Å²) in [5.74, 6) is 0.577. The van der Waals surface area contributed by atoms with Crippen molar-refractivity contribution in [1.29, 1.82) is 0 Å². The highest BCUT2D eigenvalue weighted by Gasteiger charge is 2.26. The molecule has 1 aromatic heterocycles. The van der Waals surface area contributed by atoms with Crippen molar-refractivity contribution in [3.05, 3.63) is 187 Å². The van der Waals surface area contributed by atoms with Gasteiger partial charge in [-0.15, -0.1) is 0 Å². The summed E-state index contributed by atoms with van der Waals surface area (Å²) in [6, 6.07) is 63.2. The first-order valence-corrected chi connectivity index (χ1v) is 22.7. The van der Waals surface area contributed by atoms with Crippen molar-refractivity contribution in [3.8, 4) is 33.4 Å². The largest absolute Gasteiger partial charge is 0.455 e. The van der Waals surface area contributed by atoms with E-state index in [0.717, 1.165) is 50.1 Å². The summed E-state index contributed by atoms with van der Waals surface area (Å²) in [5, 5.41) is 4.99. The molecular weight excluding hydrogens is 751 g/mol. The molecule has 9 aromatic rings. The van der Waals surface area contributed by atoms with E-state index in [-0.39, 0.29) is 10.8 Å². The van der Waals surface area contributed by atoms with Gasteiger partial charge in [-0.25, -0.2) is 0 Å². The zero-order chi connectivity index (χ0) is 42.6. The number of benzene rings is 8. The maximum atomic E-state index is 6.53. The maximum absolute atomic E-state index is 6.53. The first-order chi connectivity index (χ1) is 30.0. The van der Waals surface area contributed by atoms with Crippen LogP contribution in [0.2, 0.25) is 0 Å². The molecule has 1 aliphatic carbocycles. The molecule has 0 atom stereocenters. The minimum absolute atomic E-state index is 0.0137. The van der Waals surface area contributed by atoms with Gasteiger partial charge in [-0.05, 0) is 104 Å². The van der Waals surface area contributed by atoms with E-state index in [1.165, 1.54) is 81.8 Å². The summed E-state index contributed by atoms with van der Waals surface area (Å²) in [6.45, 7) is 14.0. The molecule has 1 saturated carbocycles. The number of nitrogens with zero attached hydrogens (tertiary/aromatic N) is 1. The van der Waals surface area contributed by atoms with E-state index in [1.54, 1.807) is 0 Å². The zero-order valence-electron chi connectivity index (χ0n) is 37.1. The predicted molar refractivity (Wildman–Crippen MR) is 265 cm³/mol. The molecule has 0 spiro atoms. The van der Waals surface area contributed by atoms with E-state index in [4.69, 9.17) is 4.42 Å². The second kappa shape index (κ2) is 15.8. The van der Waals surface area contributed by atoms with Crippen LogP contribution in [-0.2, 0) is 10.8 Å². The smallest absolute Gasteiger partial charge is 0.143 e. The number of hydrogen-bond acceptors (Lipinski definition) is 2. The molecule has 2 nitrogen and oxygen atoms in total. The van der Waals surface area contributed by atoms with Gasteiger partial charge in [0.2, 0.25) is 0 Å². The molecule has 2 heteroatoms. The standard InChI is InChI=1S/C60H57NO/c1-59(2,3)44-37-43(38-45(39-44)60(4,5)6)47-23-10-13-30-54(47)61(46-35-33-41(34-36-46)49-27-18-29-53-51-25-12-15-32-56(51)62-58(49)53)55-31-14-11-24-50(55)52-28-17-22-42-21-16-26-48(57(42)52)40-19-8-7-9-20-40/h10-18,21-40H,7-9,19-20H2,1-6H3. The first-order valence-electron chi connectivity index (χ1n) is 22.7. The molecule has 62 heavy (non-hydrogen) atoms. The van der Waals surface area contributed by atoms with Crippen LogP contribution in [0.25, 0.3) is 66.1 Å². The highest BCUT2D eigenvalue weighted by Crippen LogP contribution is 2.49. The minimum atomic E-state index is -0.0137. The fourth-order valence-electron chi connectivity index (χ4n) is 9.98. The van der Waals surface area contributed by atoms with Crippen molar-refractivity contribution >= 4 is 49.8 Å². The molecule has 0 aliphatic heterocycles. The van der Waals surface area contributed by atoms with Gasteiger partial charge in [0.15, 0.2) is 0 Å². The van der Waals surface area contributed by atoms with Gasteiger partial charge in [-0.1, -0.05) is 200 Å². The molecule has 1 fully saturated rings. The summed E-state index contributed by atoms with van der Waals surface area (Å²) in [4.78, 5) is 2.51. The molecule has 0 bridgehead atoms. The van der Waals surface area contributed by atoms with E-state index >= 15 is 0 Å². The van der Waals surface area contributed by atoms with Crippen LogP contribution in [0.15, 0.2) is 174 Å². The molecule has 0 N–H and O–H groups in total. The van der Waals surface area contributed by atoms with Gasteiger partial charge in [-0.2, -0.15) is 0 Å². The van der Waals surface area contributed by atoms with Crippen LogP contribution in [0.4, 0.5) is 17.1 Å². The van der Waals surface area contributed by atoms with Gasteiger partial charge in [0.05, 0.1) is 11.4 Å². The molecular formula is C60H57NO. The monoisotopic (exact) mass is 807 g/mol. The normalized spacial score (nSPS) is 13.9. The lowest BCUT2D eigenvalue weighted by molar-refractivity contribution is 0.445. The lowest BCUT2D eigenvalue weighted by Crippen LogP contribution is -2.17. The van der Waals surface area contributed by atoms with Crippen LogP contribution in [0.1, 0.15) is 96.3 Å². The SMILES string of the molecule is CC(C)(C)c1cc(-c2ccccc2N(c2ccc(-c3cccc4c3oc3ccccc34)cc2)c2ccccc2-c2cccc3cccc(C4CCCCC4)c23)cc(C(C)(C)C)c1. The number of rotatable bonds is 7. The lowest BCUT2D eigenvalue weighted by atomic mass is 9.78. The van der Waals surface area contributed by atoms with Crippen LogP contribution < -0.4 is 4.90 Å². The molecule has 0 radical (unpaired) electrons. The summed E-state index contributed by atoms with van der Waals surface area (Å²) >= 11 is 0. The molecule has 1 heterocycles. The molecule has 10 rings (SSSR count). The van der Waals surface area contributed by atoms with Crippen molar-refractivity contribution < 1.29 is 4.42 Å². The van der Waals surface area contributed by atoms with Crippen molar-refractivity contribution in [3.63, 3.8) is 0 Å². The van der Waals surface area contributed by atoms with E-state index in [2.05, 4.69) is 210 Å². The molecule has 0 amide bonds. The second-order valence-corrected chi connectivity index (χ2v) is 19.6. The average Bonchev–Trinajstić information content (AvgIpc) is 3.68. The molecule has 0 unspecified atom stereocenters. The van der Waals surface area contributed by atoms with Crippen molar-refractivity contribution in [2.24, 2.45) is 0 Å². The van der Waals surface area contributed by atoms with Crippen LogP contribution in [0, 0.1) is 0 Å². The second-order valence-electron chi connectivity index (χ2n) is 19.6. The Morgan fingerprint density at radius 3 is 1.74 bits per heavy atom. The average molecular weight is 808 g/mol. The van der Waals surface area contributed by atoms with Crippen molar-refractivity contribution in [2.75, 3.05) is 4.90 Å². The fourth-order valence-corrected chi connectivity index (χ4v) is 9.98. The quantitative estimate of drug-likeness (QED) is 0.159. The van der Waals surface area contributed by atoms with Crippen LogP contribution in [0.3, 0.4) is 0 Å². The van der Waals surface area contributed by atoms with Gasteiger partial charge in [-0.3, -0.25) is 0 Å². The Bertz CT molecular complexity index is 3030. The number of anilines is 3. The highest BCUT2D eigenvalue weighted by atomic mass is 16.3. The third-order valence-corrected chi connectivity index (χ3v) is 13.4. The van der Waals surface area contributed by atoms with Gasteiger partial charge in [0.25, 0.3) is 0 Å². The van der Waals surface area contributed by atoms with Crippen LogP contribution in [-0.4, -0.2) is 0 Å². The first kappa shape index (κ1) is 39.7. The third-order valence-electron chi connectivity index (χ3n) is 13.4. The van der Waals surface area contributed by atoms with E-state index in [0.29, 0.717) is 5.92 Å². The van der Waals surface area contributed by atoms with Gasteiger partial charge in [0.1, 0.15) is 11.2 Å². The van der Waals surface area contributed by atoms with Gasteiger partial charge in [0, 0.05) is 33.2 Å². The Morgan fingerprint density at radius 2 is 1.03 bits per heavy atom. The summed E-state index contributed by atoms with van der Waals surface area (Å²) in [7, 11) is 0. The number of fused-ring (bicyclic) bond motifs is 4. The van der Waals surface area contributed by atoms with E-state index in [1.807, 2.05) is 6.07 Å². The topological polar surface area (TPSA) is 16.4 Å². The van der Waals surface area contributed by atoms with Crippen LogP contribution in [0.5, 0.6) is 0 Å². The summed E-state index contributed by atoms with van der Waals surface area (Å²) < 4.78 is 6.53. The third kappa shape index (κ3) is 7.30. The molecule has 1 aliphatic rings. The lowest BCUT2D eigenvalue weighted by Gasteiger charge is -2.31. The summed E-state index contributed by atoms with van der Waals surface area (Å²) in [5.41, 5.74) is 16.6. The van der Waals surface area contributed by atoms with Crippen molar-refractivity contribution in [1.82, 2.24) is 0 Å². The molecule has 8 aromatic carbocycles. The van der Waals surface area contributed by atoms with E-state index < -0.39 is 0 Å². The zero-order valence-corrected chi connectivity index (χ0v) is 37.1. The van der Waals surface area contributed by atoms with Gasteiger partial charge < -0.3 is 9.32 Å². The Kier molecular flexibility index (Phi) is 10.1. The Morgan fingerprint density at radius 1 is 0.468 bits per heavy atom. The number of furan rings is 1. The Hall–Kier alpha value is -6.38. The number of para-hydroxylation sites is 4. The minimum Gasteiger partial charge on any atom is -0.455 e. The van der Waals surface area contributed by atoms with Crippen molar-refractivity contribution in [2.45, 2.75) is 90.4 Å².